The molecular formula is C15H35N3O. The van der Waals surface area contributed by atoms with Gasteiger partial charge in [0.05, 0.1) is 6.10 Å². The highest BCUT2D eigenvalue weighted by molar-refractivity contribution is 4.69. The molecule has 0 saturated heterocycles. The van der Waals surface area contributed by atoms with Gasteiger partial charge in [0, 0.05) is 32.7 Å². The molecule has 0 fully saturated rings. The Labute approximate surface area is 120 Å². The second kappa shape index (κ2) is 10.6. The van der Waals surface area contributed by atoms with E-state index in [9.17, 15) is 5.11 Å². The SMILES string of the molecule is CC(C)CNCC(O)CN(CCN(C)C)CC(C)C. The van der Waals surface area contributed by atoms with Gasteiger partial charge in [0.15, 0.2) is 0 Å². The number of nitrogens with one attached hydrogen (secondary N) is 1. The van der Waals surface area contributed by atoms with Gasteiger partial charge >= 0.3 is 0 Å². The molecule has 1 atom stereocenters. The molecule has 0 aromatic carbocycles. The summed E-state index contributed by atoms with van der Waals surface area (Å²) in [6, 6.07) is 0. The monoisotopic (exact) mass is 273 g/mol. The number of likely N-dealkylation sites (N-methyl/N-ethyl adjacent to an activating group) is 1. The van der Waals surface area contributed by atoms with Crippen molar-refractivity contribution in [1.29, 1.82) is 0 Å². The molecule has 0 spiro atoms. The summed E-state index contributed by atoms with van der Waals surface area (Å²) in [5, 5.41) is 13.4. The Hall–Kier alpha value is -0.160. The van der Waals surface area contributed by atoms with Gasteiger partial charge in [-0.3, -0.25) is 4.90 Å². The predicted molar refractivity (Wildman–Crippen MR) is 83.5 cm³/mol. The van der Waals surface area contributed by atoms with Crippen LogP contribution in [0.5, 0.6) is 0 Å². The Morgan fingerprint density at radius 2 is 1.53 bits per heavy atom. The van der Waals surface area contributed by atoms with E-state index in [2.05, 4.69) is 56.9 Å². The summed E-state index contributed by atoms with van der Waals surface area (Å²) in [7, 11) is 4.18. The fourth-order valence-electron chi connectivity index (χ4n) is 2.02. The molecule has 0 aliphatic carbocycles. The molecule has 0 aromatic heterocycles. The highest BCUT2D eigenvalue weighted by Crippen LogP contribution is 2.01. The molecule has 0 aliphatic heterocycles. The fraction of sp³-hybridized carbons (Fsp3) is 1.00. The van der Waals surface area contributed by atoms with Gasteiger partial charge in [0.25, 0.3) is 0 Å². The molecule has 4 heteroatoms. The van der Waals surface area contributed by atoms with E-state index >= 15 is 0 Å². The number of hydrogen-bond donors (Lipinski definition) is 2. The quantitative estimate of drug-likeness (QED) is 0.591. The topological polar surface area (TPSA) is 38.7 Å². The summed E-state index contributed by atoms with van der Waals surface area (Å²) in [5.41, 5.74) is 0. The molecule has 0 saturated carbocycles. The fourth-order valence-corrected chi connectivity index (χ4v) is 2.02. The normalized spacial score (nSPS) is 14.1. The predicted octanol–water partition coefficient (Wildman–Crippen LogP) is 1.11. The standard InChI is InChI=1S/C15H35N3O/c1-13(2)9-16-10-15(19)12-18(11-14(3)4)8-7-17(5)6/h13-16,19H,7-12H2,1-6H3. The van der Waals surface area contributed by atoms with Crippen LogP contribution in [0.1, 0.15) is 27.7 Å². The average Bonchev–Trinajstić information content (AvgIpc) is 2.24. The first-order valence-corrected chi connectivity index (χ1v) is 7.57. The zero-order chi connectivity index (χ0) is 14.8. The van der Waals surface area contributed by atoms with Crippen LogP contribution < -0.4 is 5.32 Å². The lowest BCUT2D eigenvalue weighted by Gasteiger charge is -2.28. The van der Waals surface area contributed by atoms with Crippen LogP contribution in [0.25, 0.3) is 0 Å². The highest BCUT2D eigenvalue weighted by atomic mass is 16.3. The molecule has 19 heavy (non-hydrogen) atoms. The van der Waals surface area contributed by atoms with E-state index < -0.39 is 0 Å². The van der Waals surface area contributed by atoms with E-state index in [0.29, 0.717) is 18.4 Å². The molecule has 1 unspecified atom stereocenters. The maximum atomic E-state index is 10.1. The van der Waals surface area contributed by atoms with E-state index in [0.717, 1.165) is 32.7 Å². The van der Waals surface area contributed by atoms with Crippen LogP contribution in [0.3, 0.4) is 0 Å². The van der Waals surface area contributed by atoms with Crippen molar-refractivity contribution in [3.63, 3.8) is 0 Å². The molecule has 0 bridgehead atoms. The molecule has 0 aliphatic rings. The Kier molecular flexibility index (Phi) is 10.5. The van der Waals surface area contributed by atoms with Gasteiger partial charge < -0.3 is 15.3 Å². The van der Waals surface area contributed by atoms with Crippen LogP contribution in [-0.2, 0) is 0 Å². The van der Waals surface area contributed by atoms with Crippen molar-refractivity contribution in [3.8, 4) is 0 Å². The first-order valence-electron chi connectivity index (χ1n) is 7.57. The summed E-state index contributed by atoms with van der Waals surface area (Å²) in [4.78, 5) is 4.56. The third-order valence-corrected chi connectivity index (χ3v) is 2.89. The summed E-state index contributed by atoms with van der Waals surface area (Å²) < 4.78 is 0. The van der Waals surface area contributed by atoms with Crippen LogP contribution in [0.2, 0.25) is 0 Å². The third-order valence-electron chi connectivity index (χ3n) is 2.89. The number of aliphatic hydroxyl groups excluding tert-OH is 1. The number of hydrogen-bond acceptors (Lipinski definition) is 4. The summed E-state index contributed by atoms with van der Waals surface area (Å²) in [6.45, 7) is 14.4. The Balaban J connectivity index is 3.99. The molecule has 2 N–H and O–H groups in total. The zero-order valence-corrected chi connectivity index (χ0v) is 13.8. The Morgan fingerprint density at radius 1 is 0.895 bits per heavy atom. The van der Waals surface area contributed by atoms with Gasteiger partial charge in [-0.1, -0.05) is 27.7 Å². The maximum absolute atomic E-state index is 10.1. The van der Waals surface area contributed by atoms with Gasteiger partial charge in [-0.15, -0.1) is 0 Å². The first-order chi connectivity index (χ1) is 8.81. The van der Waals surface area contributed by atoms with Crippen LogP contribution >= 0.6 is 0 Å². The van der Waals surface area contributed by atoms with Gasteiger partial charge in [-0.25, -0.2) is 0 Å². The van der Waals surface area contributed by atoms with Crippen molar-refractivity contribution in [1.82, 2.24) is 15.1 Å². The summed E-state index contributed by atoms with van der Waals surface area (Å²) in [6.07, 6.45) is -0.278. The van der Waals surface area contributed by atoms with E-state index in [4.69, 9.17) is 0 Å². The number of rotatable bonds is 11. The maximum Gasteiger partial charge on any atom is 0.0791 e. The minimum absolute atomic E-state index is 0.278. The minimum Gasteiger partial charge on any atom is -0.390 e. The van der Waals surface area contributed by atoms with Gasteiger partial charge in [0.2, 0.25) is 0 Å². The summed E-state index contributed by atoms with van der Waals surface area (Å²) in [5.74, 6) is 1.27. The minimum atomic E-state index is -0.278. The van der Waals surface area contributed by atoms with Crippen molar-refractivity contribution in [2.75, 3.05) is 53.4 Å². The zero-order valence-electron chi connectivity index (χ0n) is 13.8. The molecule has 0 radical (unpaired) electrons. The van der Waals surface area contributed by atoms with Gasteiger partial charge in [-0.05, 0) is 32.5 Å². The molecule has 0 rings (SSSR count). The smallest absolute Gasteiger partial charge is 0.0791 e. The van der Waals surface area contributed by atoms with Crippen molar-refractivity contribution in [2.24, 2.45) is 11.8 Å². The molecule has 0 heterocycles. The van der Waals surface area contributed by atoms with Gasteiger partial charge in [0.1, 0.15) is 0 Å². The van der Waals surface area contributed by atoms with E-state index in [1.165, 1.54) is 0 Å². The molecular weight excluding hydrogens is 238 g/mol. The van der Waals surface area contributed by atoms with Crippen LogP contribution in [0.15, 0.2) is 0 Å². The number of aliphatic hydroxyl groups is 1. The highest BCUT2D eigenvalue weighted by Gasteiger charge is 2.13. The lowest BCUT2D eigenvalue weighted by molar-refractivity contribution is 0.0996. The molecule has 4 nitrogen and oxygen atoms in total. The largest absolute Gasteiger partial charge is 0.390 e. The average molecular weight is 273 g/mol. The van der Waals surface area contributed by atoms with Crippen LogP contribution in [-0.4, -0.2) is 74.4 Å². The number of nitrogens with zero attached hydrogens (tertiary/aromatic N) is 2. The third kappa shape index (κ3) is 12.6. The molecule has 0 amide bonds. The lowest BCUT2D eigenvalue weighted by Crippen LogP contribution is -2.42. The summed E-state index contributed by atoms with van der Waals surface area (Å²) >= 11 is 0. The second-order valence-corrected chi connectivity index (χ2v) is 6.66. The molecule has 0 aromatic rings. The van der Waals surface area contributed by atoms with E-state index in [-0.39, 0.29) is 6.10 Å². The van der Waals surface area contributed by atoms with E-state index in [1.807, 2.05) is 0 Å². The molecule has 116 valence electrons. The van der Waals surface area contributed by atoms with Gasteiger partial charge in [-0.2, -0.15) is 0 Å². The Bertz CT molecular complexity index is 208. The van der Waals surface area contributed by atoms with Crippen molar-refractivity contribution in [3.05, 3.63) is 0 Å². The lowest BCUT2D eigenvalue weighted by atomic mass is 10.2. The first kappa shape index (κ1) is 18.8. The van der Waals surface area contributed by atoms with Crippen LogP contribution in [0.4, 0.5) is 0 Å². The van der Waals surface area contributed by atoms with Crippen molar-refractivity contribution < 1.29 is 5.11 Å². The van der Waals surface area contributed by atoms with E-state index in [1.54, 1.807) is 0 Å². The van der Waals surface area contributed by atoms with Crippen molar-refractivity contribution in [2.45, 2.75) is 33.8 Å². The van der Waals surface area contributed by atoms with Crippen LogP contribution in [0, 0.1) is 11.8 Å². The van der Waals surface area contributed by atoms with Crippen molar-refractivity contribution >= 4 is 0 Å². The Morgan fingerprint density at radius 3 is 2.00 bits per heavy atom. The second-order valence-electron chi connectivity index (χ2n) is 6.66.